The van der Waals surface area contributed by atoms with Crippen molar-refractivity contribution in [2.45, 2.75) is 202 Å². The van der Waals surface area contributed by atoms with Gasteiger partial charge in [-0.2, -0.15) is 0 Å². The zero-order chi connectivity index (χ0) is 38.1. The molecule has 0 aromatic carbocycles. The Hall–Kier alpha value is -1.37. The molecule has 1 heteroatoms. The summed E-state index contributed by atoms with van der Waals surface area (Å²) in [6, 6.07) is 0. The van der Waals surface area contributed by atoms with Gasteiger partial charge in [-0.3, -0.25) is 4.99 Å². The summed E-state index contributed by atoms with van der Waals surface area (Å²) in [5.41, 5.74) is 6.09. The summed E-state index contributed by atoms with van der Waals surface area (Å²) in [4.78, 5) is 4.42. The fourth-order valence-electron chi connectivity index (χ4n) is 8.84. The van der Waals surface area contributed by atoms with Gasteiger partial charge in [0.15, 0.2) is 0 Å². The van der Waals surface area contributed by atoms with E-state index in [1.807, 2.05) is 86.6 Å². The molecule has 284 valence electrons. The van der Waals surface area contributed by atoms with E-state index in [1.165, 1.54) is 68.9 Å². The van der Waals surface area contributed by atoms with Crippen molar-refractivity contribution < 1.29 is 0 Å². The molecule has 0 N–H and O–H groups in total. The lowest BCUT2D eigenvalue weighted by atomic mass is 9.48. The van der Waals surface area contributed by atoms with Gasteiger partial charge in [0.1, 0.15) is 0 Å². The predicted octanol–water partition coefficient (Wildman–Crippen LogP) is 16.7. The van der Waals surface area contributed by atoms with Crippen LogP contribution in [0.3, 0.4) is 0 Å². The summed E-state index contributed by atoms with van der Waals surface area (Å²) < 4.78 is 0. The van der Waals surface area contributed by atoms with Gasteiger partial charge in [-0.25, -0.2) is 0 Å². The van der Waals surface area contributed by atoms with Crippen molar-refractivity contribution in [2.24, 2.45) is 51.3 Å². The Morgan fingerprint density at radius 1 is 0.688 bits per heavy atom. The highest BCUT2D eigenvalue weighted by molar-refractivity contribution is 5.93. The molecule has 0 aliphatic heterocycles. The van der Waals surface area contributed by atoms with Crippen LogP contribution in [0.4, 0.5) is 0 Å². The maximum Gasteiger partial charge on any atom is 0.0375 e. The van der Waals surface area contributed by atoms with Crippen LogP contribution in [-0.2, 0) is 0 Å². The van der Waals surface area contributed by atoms with Crippen molar-refractivity contribution in [3.05, 3.63) is 47.7 Å². The molecule has 4 fully saturated rings. The quantitative estimate of drug-likeness (QED) is 0.160. The molecule has 0 spiro atoms. The van der Waals surface area contributed by atoms with Crippen molar-refractivity contribution in [3.8, 4) is 0 Å². The van der Waals surface area contributed by atoms with E-state index in [-0.39, 0.29) is 0 Å². The molecule has 0 amide bonds. The molecule has 0 heterocycles. The van der Waals surface area contributed by atoms with E-state index < -0.39 is 0 Å². The molecule has 0 saturated heterocycles. The second kappa shape index (κ2) is 28.3. The Morgan fingerprint density at radius 2 is 1.21 bits per heavy atom. The SMILES string of the molecule is C/C=C\C=C/C(C)=NC(C)=C(C)C.C=C(C)C1CC[C@H]2C3CCC4CC(C)(C)CCC4C3CCC12C.CC.CC.CC.CCC.CCC. The molecule has 0 bridgehead atoms. The minimum absolute atomic E-state index is 0.591. The first-order valence-corrected chi connectivity index (χ1v) is 20.9. The van der Waals surface area contributed by atoms with Crippen LogP contribution in [0.25, 0.3) is 0 Å². The van der Waals surface area contributed by atoms with Crippen molar-refractivity contribution in [2.75, 3.05) is 0 Å². The smallest absolute Gasteiger partial charge is 0.0375 e. The topological polar surface area (TPSA) is 12.4 Å². The molecule has 7 atom stereocenters. The number of hydrogen-bond acceptors (Lipinski definition) is 1. The summed E-state index contributed by atoms with van der Waals surface area (Å²) in [5.74, 6) is 6.10. The predicted molar refractivity (Wildman–Crippen MR) is 226 cm³/mol. The van der Waals surface area contributed by atoms with Crippen LogP contribution in [0.5, 0.6) is 0 Å². The van der Waals surface area contributed by atoms with Gasteiger partial charge in [-0.15, -0.1) is 0 Å². The first-order valence-electron chi connectivity index (χ1n) is 20.9. The number of hydrogen-bond donors (Lipinski definition) is 0. The highest BCUT2D eigenvalue weighted by Gasteiger charge is 2.57. The monoisotopic (exact) mass is 670 g/mol. The molecule has 4 saturated carbocycles. The standard InChI is InChI=1S/C23H38.C12H19N.2C3H8.3C2H6/c1-15(2)20-8-9-21-19-7-6-16-14-22(3,4)12-10-17(16)18(19)11-13-23(20,21)5;1-6-7-8-9-11(4)13-12(5)10(2)3;2*1-3-2;3*1-2/h16-21H,1,6-14H2,2-5H3;6-9H,1-5H3;2*3H2,1-2H3;3*1-2H3/b;7-6-,9-8-,13-11?;;;;;/t16?,17?,18?,19?,20?,21-,23?;;;;;;/m0....../s1. The molecule has 4 aliphatic rings. The first-order chi connectivity index (χ1) is 22.7. The first kappa shape index (κ1) is 51.0. The number of nitrogens with zero attached hydrogens (tertiary/aromatic N) is 1. The van der Waals surface area contributed by atoms with E-state index in [4.69, 9.17) is 0 Å². The molecule has 6 unspecified atom stereocenters. The minimum atomic E-state index is 0.591. The molecule has 48 heavy (non-hydrogen) atoms. The van der Waals surface area contributed by atoms with Gasteiger partial charge in [-0.05, 0) is 152 Å². The summed E-state index contributed by atoms with van der Waals surface area (Å²) in [5, 5.41) is 0. The van der Waals surface area contributed by atoms with E-state index in [0.717, 1.165) is 46.9 Å². The molecule has 4 aliphatic carbocycles. The van der Waals surface area contributed by atoms with Crippen LogP contribution in [-0.4, -0.2) is 5.71 Å². The van der Waals surface area contributed by atoms with E-state index in [1.54, 1.807) is 12.8 Å². The van der Waals surface area contributed by atoms with Crippen LogP contribution in [0.1, 0.15) is 202 Å². The minimum Gasteiger partial charge on any atom is -0.259 e. The zero-order valence-corrected chi connectivity index (χ0v) is 36.7. The Morgan fingerprint density at radius 3 is 1.69 bits per heavy atom. The van der Waals surface area contributed by atoms with Gasteiger partial charge in [0.25, 0.3) is 0 Å². The third kappa shape index (κ3) is 17.0. The van der Waals surface area contributed by atoms with Gasteiger partial charge in [0.05, 0.1) is 0 Å². The lowest BCUT2D eigenvalue weighted by Gasteiger charge is -2.57. The molecule has 1 nitrogen and oxygen atoms in total. The second-order valence-corrected chi connectivity index (χ2v) is 15.5. The average molecular weight is 670 g/mol. The summed E-state index contributed by atoms with van der Waals surface area (Å²) >= 11 is 0. The fourth-order valence-corrected chi connectivity index (χ4v) is 8.84. The Kier molecular flexibility index (Phi) is 30.1. The van der Waals surface area contributed by atoms with Crippen molar-refractivity contribution in [1.82, 2.24) is 0 Å². The van der Waals surface area contributed by atoms with E-state index in [9.17, 15) is 0 Å². The Labute approximate surface area is 306 Å². The molecule has 0 radical (unpaired) electrons. The normalized spacial score (nSPS) is 29.3. The van der Waals surface area contributed by atoms with Crippen molar-refractivity contribution in [3.63, 3.8) is 0 Å². The van der Waals surface area contributed by atoms with E-state index in [0.29, 0.717) is 10.8 Å². The van der Waals surface area contributed by atoms with Crippen LogP contribution in [0, 0.1) is 46.3 Å². The Bertz CT molecular complexity index is 921. The maximum atomic E-state index is 4.42. The van der Waals surface area contributed by atoms with Crippen molar-refractivity contribution in [1.29, 1.82) is 0 Å². The number of aliphatic imine (C=N–C) groups is 1. The maximum absolute atomic E-state index is 4.42. The summed E-state index contributed by atoms with van der Waals surface area (Å²) in [6.45, 7) is 45.0. The van der Waals surface area contributed by atoms with Crippen LogP contribution >= 0.6 is 0 Å². The summed E-state index contributed by atoms with van der Waals surface area (Å²) in [6.07, 6.45) is 24.1. The average Bonchev–Trinajstić information content (AvgIpc) is 3.42. The third-order valence-electron chi connectivity index (χ3n) is 10.8. The fraction of sp³-hybridized carbons (Fsp3) is 0.809. The lowest BCUT2D eigenvalue weighted by molar-refractivity contribution is -0.0726. The highest BCUT2D eigenvalue weighted by Crippen LogP contribution is 2.65. The van der Waals surface area contributed by atoms with Gasteiger partial charge in [0.2, 0.25) is 0 Å². The second-order valence-electron chi connectivity index (χ2n) is 15.5. The van der Waals surface area contributed by atoms with Crippen LogP contribution in [0.15, 0.2) is 52.7 Å². The van der Waals surface area contributed by atoms with Gasteiger partial charge >= 0.3 is 0 Å². The van der Waals surface area contributed by atoms with Gasteiger partial charge < -0.3 is 0 Å². The van der Waals surface area contributed by atoms with Gasteiger partial charge in [0, 0.05) is 11.4 Å². The van der Waals surface area contributed by atoms with Crippen LogP contribution in [0.2, 0.25) is 0 Å². The van der Waals surface area contributed by atoms with Crippen molar-refractivity contribution >= 4 is 5.71 Å². The molecule has 0 aromatic rings. The molecule has 4 rings (SSSR count). The highest BCUT2D eigenvalue weighted by atomic mass is 14.7. The lowest BCUT2D eigenvalue weighted by Crippen LogP contribution is -2.49. The summed E-state index contributed by atoms with van der Waals surface area (Å²) in [7, 11) is 0. The van der Waals surface area contributed by atoms with Gasteiger partial charge in [-0.1, -0.05) is 139 Å². The third-order valence-corrected chi connectivity index (χ3v) is 10.8. The molecular weight excluding hydrogens is 579 g/mol. The zero-order valence-electron chi connectivity index (χ0n) is 36.7. The largest absolute Gasteiger partial charge is 0.259 e. The molecule has 0 aromatic heterocycles. The number of rotatable bonds is 4. The Balaban J connectivity index is -0.000000692. The van der Waals surface area contributed by atoms with E-state index in [2.05, 4.69) is 80.8 Å². The molecular formula is C47H91N. The number of fused-ring (bicyclic) bond motifs is 5. The van der Waals surface area contributed by atoms with E-state index >= 15 is 0 Å². The van der Waals surface area contributed by atoms with Crippen LogP contribution < -0.4 is 0 Å². The number of allylic oxidation sites excluding steroid dienone is 7.